The summed E-state index contributed by atoms with van der Waals surface area (Å²) in [6, 6.07) is 7.34. The first-order chi connectivity index (χ1) is 7.75. The van der Waals surface area contributed by atoms with Gasteiger partial charge in [0.2, 0.25) is 0 Å². The zero-order valence-electron chi connectivity index (χ0n) is 9.76. The van der Waals surface area contributed by atoms with E-state index in [-0.39, 0.29) is 0 Å². The van der Waals surface area contributed by atoms with Crippen LogP contribution in [-0.2, 0) is 0 Å². The zero-order valence-corrected chi connectivity index (χ0v) is 9.76. The maximum atomic E-state index is 9.17. The molecule has 0 atom stereocenters. The van der Waals surface area contributed by atoms with Gasteiger partial charge in [-0.1, -0.05) is 56.2 Å². The molecule has 86 valence electrons. The summed E-state index contributed by atoms with van der Waals surface area (Å²) >= 11 is 0. The first-order valence-electron chi connectivity index (χ1n) is 5.87. The highest BCUT2D eigenvalue weighted by Gasteiger charge is 2.12. The smallest absolute Gasteiger partial charge is 0.423 e. The highest BCUT2D eigenvalue weighted by Crippen LogP contribution is 2.04. The number of allylic oxidation sites excluding steroid dienone is 1. The standard InChI is InChI=1S/C13H19BO2/c1-2-3-4-5-6-9-12-10-7-8-11-13(12)14(15)16/h6-11,15-16H,2-5H2,1H3/b9-6-. The molecule has 0 amide bonds. The van der Waals surface area contributed by atoms with Crippen molar-refractivity contribution in [3.63, 3.8) is 0 Å². The Morgan fingerprint density at radius 2 is 1.94 bits per heavy atom. The number of benzene rings is 1. The van der Waals surface area contributed by atoms with E-state index in [9.17, 15) is 0 Å². The summed E-state index contributed by atoms with van der Waals surface area (Å²) in [5, 5.41) is 18.3. The minimum atomic E-state index is -1.39. The van der Waals surface area contributed by atoms with Crippen molar-refractivity contribution < 1.29 is 10.0 Å². The Balaban J connectivity index is 2.58. The Morgan fingerprint density at radius 3 is 2.62 bits per heavy atom. The van der Waals surface area contributed by atoms with E-state index < -0.39 is 7.12 Å². The zero-order chi connectivity index (χ0) is 11.8. The molecule has 0 saturated carbocycles. The molecular formula is C13H19BO2. The van der Waals surface area contributed by atoms with Crippen LogP contribution in [0, 0.1) is 0 Å². The summed E-state index contributed by atoms with van der Waals surface area (Å²) in [5.41, 5.74) is 1.45. The van der Waals surface area contributed by atoms with Crippen molar-refractivity contribution in [3.05, 3.63) is 35.9 Å². The molecule has 0 heterocycles. The minimum Gasteiger partial charge on any atom is -0.423 e. The average Bonchev–Trinajstić information content (AvgIpc) is 2.29. The van der Waals surface area contributed by atoms with Gasteiger partial charge in [0.05, 0.1) is 0 Å². The fourth-order valence-corrected chi connectivity index (χ4v) is 1.62. The second-order valence-corrected chi connectivity index (χ2v) is 3.90. The fraction of sp³-hybridized carbons (Fsp3) is 0.385. The van der Waals surface area contributed by atoms with Gasteiger partial charge in [-0.3, -0.25) is 0 Å². The van der Waals surface area contributed by atoms with Crippen LogP contribution in [0.3, 0.4) is 0 Å². The van der Waals surface area contributed by atoms with Gasteiger partial charge < -0.3 is 10.0 Å². The maximum Gasteiger partial charge on any atom is 0.489 e. The van der Waals surface area contributed by atoms with Gasteiger partial charge in [-0.2, -0.15) is 0 Å². The Labute approximate surface area is 97.8 Å². The van der Waals surface area contributed by atoms with E-state index in [1.807, 2.05) is 24.3 Å². The van der Waals surface area contributed by atoms with Gasteiger partial charge in [-0.05, 0) is 23.9 Å². The quantitative estimate of drug-likeness (QED) is 0.566. The predicted molar refractivity (Wildman–Crippen MR) is 69.4 cm³/mol. The van der Waals surface area contributed by atoms with E-state index in [2.05, 4.69) is 13.0 Å². The van der Waals surface area contributed by atoms with Crippen LogP contribution in [0.2, 0.25) is 0 Å². The molecule has 0 bridgehead atoms. The summed E-state index contributed by atoms with van der Waals surface area (Å²) < 4.78 is 0. The van der Waals surface area contributed by atoms with Crippen molar-refractivity contribution >= 4 is 18.7 Å². The van der Waals surface area contributed by atoms with E-state index in [0.29, 0.717) is 5.46 Å². The van der Waals surface area contributed by atoms with Crippen LogP contribution in [0.25, 0.3) is 6.08 Å². The van der Waals surface area contributed by atoms with Gasteiger partial charge in [-0.25, -0.2) is 0 Å². The third kappa shape index (κ3) is 4.21. The van der Waals surface area contributed by atoms with Gasteiger partial charge in [0, 0.05) is 0 Å². The number of unbranched alkanes of at least 4 members (excludes halogenated alkanes) is 3. The summed E-state index contributed by atoms with van der Waals surface area (Å²) in [6.07, 6.45) is 8.76. The topological polar surface area (TPSA) is 40.5 Å². The van der Waals surface area contributed by atoms with Gasteiger partial charge in [0.25, 0.3) is 0 Å². The Morgan fingerprint density at radius 1 is 1.19 bits per heavy atom. The molecule has 16 heavy (non-hydrogen) atoms. The molecule has 0 radical (unpaired) electrons. The Kier molecular flexibility index (Phi) is 5.90. The normalized spacial score (nSPS) is 10.9. The van der Waals surface area contributed by atoms with Crippen molar-refractivity contribution in [2.24, 2.45) is 0 Å². The Hall–Kier alpha value is -1.06. The monoisotopic (exact) mass is 218 g/mol. The van der Waals surface area contributed by atoms with Gasteiger partial charge in [-0.15, -0.1) is 0 Å². The first kappa shape index (κ1) is 13.0. The SMILES string of the molecule is CCCCC/C=C\c1ccccc1B(O)O. The lowest BCUT2D eigenvalue weighted by Crippen LogP contribution is -2.31. The molecule has 0 aliphatic heterocycles. The van der Waals surface area contributed by atoms with Crippen LogP contribution in [0.1, 0.15) is 38.2 Å². The lowest BCUT2D eigenvalue weighted by atomic mass is 9.77. The lowest BCUT2D eigenvalue weighted by molar-refractivity contribution is 0.425. The van der Waals surface area contributed by atoms with Crippen LogP contribution in [0.4, 0.5) is 0 Å². The van der Waals surface area contributed by atoms with Crippen molar-refractivity contribution in [2.45, 2.75) is 32.6 Å². The maximum absolute atomic E-state index is 9.17. The van der Waals surface area contributed by atoms with Crippen molar-refractivity contribution in [1.29, 1.82) is 0 Å². The van der Waals surface area contributed by atoms with Crippen molar-refractivity contribution in [2.75, 3.05) is 0 Å². The molecule has 0 aliphatic carbocycles. The van der Waals surface area contributed by atoms with Crippen molar-refractivity contribution in [3.8, 4) is 0 Å². The second kappa shape index (κ2) is 7.26. The molecule has 0 spiro atoms. The van der Waals surface area contributed by atoms with E-state index in [1.165, 1.54) is 19.3 Å². The summed E-state index contributed by atoms with van der Waals surface area (Å²) in [5.74, 6) is 0. The van der Waals surface area contributed by atoms with E-state index in [0.717, 1.165) is 12.0 Å². The lowest BCUT2D eigenvalue weighted by Gasteiger charge is -2.03. The van der Waals surface area contributed by atoms with E-state index in [4.69, 9.17) is 10.0 Å². The van der Waals surface area contributed by atoms with Crippen LogP contribution in [-0.4, -0.2) is 17.2 Å². The van der Waals surface area contributed by atoms with Gasteiger partial charge in [0.1, 0.15) is 0 Å². The van der Waals surface area contributed by atoms with E-state index >= 15 is 0 Å². The Bertz CT molecular complexity index is 334. The van der Waals surface area contributed by atoms with Crippen LogP contribution < -0.4 is 5.46 Å². The molecule has 3 heteroatoms. The molecule has 1 aromatic rings. The predicted octanol–water partition coefficient (Wildman–Crippen LogP) is 1.96. The molecule has 1 rings (SSSR count). The third-order valence-electron chi connectivity index (χ3n) is 2.55. The summed E-state index contributed by atoms with van der Waals surface area (Å²) in [6.45, 7) is 2.18. The van der Waals surface area contributed by atoms with Crippen LogP contribution >= 0.6 is 0 Å². The molecule has 0 saturated heterocycles. The largest absolute Gasteiger partial charge is 0.489 e. The van der Waals surface area contributed by atoms with Gasteiger partial charge in [0.15, 0.2) is 0 Å². The third-order valence-corrected chi connectivity index (χ3v) is 2.55. The van der Waals surface area contributed by atoms with E-state index in [1.54, 1.807) is 6.07 Å². The molecule has 0 unspecified atom stereocenters. The number of rotatable bonds is 6. The number of hydrogen-bond donors (Lipinski definition) is 2. The second-order valence-electron chi connectivity index (χ2n) is 3.90. The molecule has 0 fully saturated rings. The molecule has 2 nitrogen and oxygen atoms in total. The highest BCUT2D eigenvalue weighted by molar-refractivity contribution is 6.59. The summed E-state index contributed by atoms with van der Waals surface area (Å²) in [7, 11) is -1.39. The molecular weight excluding hydrogens is 199 g/mol. The molecule has 0 aliphatic rings. The average molecular weight is 218 g/mol. The first-order valence-corrected chi connectivity index (χ1v) is 5.87. The summed E-state index contributed by atoms with van der Waals surface area (Å²) in [4.78, 5) is 0. The minimum absolute atomic E-state index is 0.564. The van der Waals surface area contributed by atoms with Crippen LogP contribution in [0.5, 0.6) is 0 Å². The molecule has 1 aromatic carbocycles. The van der Waals surface area contributed by atoms with Crippen LogP contribution in [0.15, 0.2) is 30.3 Å². The van der Waals surface area contributed by atoms with Crippen molar-refractivity contribution in [1.82, 2.24) is 0 Å². The highest BCUT2D eigenvalue weighted by atomic mass is 16.4. The fourth-order valence-electron chi connectivity index (χ4n) is 1.62. The molecule has 2 N–H and O–H groups in total. The van der Waals surface area contributed by atoms with Gasteiger partial charge >= 0.3 is 7.12 Å². The number of hydrogen-bond acceptors (Lipinski definition) is 2. The molecule has 0 aromatic heterocycles.